The highest BCUT2D eigenvalue weighted by Gasteiger charge is 2.24. The van der Waals surface area contributed by atoms with Gasteiger partial charge in [0, 0.05) is 37.4 Å². The normalized spacial score (nSPS) is 19.7. The van der Waals surface area contributed by atoms with E-state index < -0.39 is 6.09 Å². The number of phenolic OH excluding ortho intramolecular Hbond substituents is 1. The average molecular weight is 583 g/mol. The van der Waals surface area contributed by atoms with Crippen LogP contribution in [0.3, 0.4) is 0 Å². The van der Waals surface area contributed by atoms with E-state index >= 15 is 0 Å². The molecule has 1 aromatic carbocycles. The van der Waals surface area contributed by atoms with E-state index in [0.29, 0.717) is 36.0 Å². The second-order valence-corrected chi connectivity index (χ2v) is 10.7. The SMILES string of the molecule is C[C@@H]1CCN(c2cc(-c3ccccc3O)nnc2N)CCN1c1ccnc(C#CCNC(=O)OC2CC/C=C\CCC2)n1. The van der Waals surface area contributed by atoms with Gasteiger partial charge in [0.15, 0.2) is 5.82 Å². The number of nitrogens with one attached hydrogen (secondary N) is 1. The molecule has 5 rings (SSSR count). The number of rotatable bonds is 5. The third kappa shape index (κ3) is 7.92. The van der Waals surface area contributed by atoms with E-state index in [-0.39, 0.29) is 24.4 Å². The summed E-state index contributed by atoms with van der Waals surface area (Å²) in [6.07, 6.45) is 11.1. The quantitative estimate of drug-likeness (QED) is 0.294. The lowest BCUT2D eigenvalue weighted by Crippen LogP contribution is -2.35. The van der Waals surface area contributed by atoms with Gasteiger partial charge in [0.05, 0.1) is 17.9 Å². The Morgan fingerprint density at radius 1 is 1.12 bits per heavy atom. The van der Waals surface area contributed by atoms with Crippen molar-refractivity contribution in [2.75, 3.05) is 41.7 Å². The molecular weight excluding hydrogens is 544 g/mol. The first-order valence-corrected chi connectivity index (χ1v) is 14.8. The first-order chi connectivity index (χ1) is 21.0. The van der Waals surface area contributed by atoms with E-state index in [2.05, 4.69) is 61.2 Å². The maximum atomic E-state index is 12.2. The van der Waals surface area contributed by atoms with Crippen LogP contribution >= 0.6 is 0 Å². The number of nitrogens with two attached hydrogens (primary N) is 1. The Balaban J connectivity index is 1.19. The molecule has 1 amide bonds. The molecule has 43 heavy (non-hydrogen) atoms. The second-order valence-electron chi connectivity index (χ2n) is 10.7. The number of amides is 1. The number of carbonyl (C=O) groups is 1. The fourth-order valence-electron chi connectivity index (χ4n) is 5.35. The number of hydrogen-bond acceptors (Lipinski definition) is 10. The van der Waals surface area contributed by atoms with E-state index in [4.69, 9.17) is 15.5 Å². The molecule has 1 fully saturated rings. The lowest BCUT2D eigenvalue weighted by atomic mass is 10.0. The van der Waals surface area contributed by atoms with Gasteiger partial charge in [-0.15, -0.1) is 10.2 Å². The Hall–Kier alpha value is -4.85. The predicted octanol–water partition coefficient (Wildman–Crippen LogP) is 4.29. The van der Waals surface area contributed by atoms with Crippen molar-refractivity contribution in [2.24, 2.45) is 0 Å². The Morgan fingerprint density at radius 3 is 2.86 bits per heavy atom. The van der Waals surface area contributed by atoms with Crippen LogP contribution in [0.25, 0.3) is 11.3 Å². The van der Waals surface area contributed by atoms with Crippen molar-refractivity contribution in [3.8, 4) is 28.8 Å². The molecule has 0 saturated carbocycles. The minimum Gasteiger partial charge on any atom is -0.507 e. The molecule has 4 N–H and O–H groups in total. The van der Waals surface area contributed by atoms with Crippen molar-refractivity contribution < 1.29 is 14.6 Å². The topological polar surface area (TPSA) is 143 Å². The summed E-state index contributed by atoms with van der Waals surface area (Å²) >= 11 is 0. The van der Waals surface area contributed by atoms with E-state index in [1.54, 1.807) is 24.4 Å². The third-order valence-electron chi connectivity index (χ3n) is 7.73. The number of ether oxygens (including phenoxy) is 1. The van der Waals surface area contributed by atoms with Gasteiger partial charge in [-0.3, -0.25) is 0 Å². The number of aromatic nitrogens is 4. The molecule has 1 unspecified atom stereocenters. The van der Waals surface area contributed by atoms with E-state index in [9.17, 15) is 9.90 Å². The van der Waals surface area contributed by atoms with Crippen molar-refractivity contribution in [3.63, 3.8) is 0 Å². The Labute approximate surface area is 252 Å². The van der Waals surface area contributed by atoms with Crippen LogP contribution < -0.4 is 20.9 Å². The molecule has 1 aliphatic carbocycles. The number of phenols is 1. The fraction of sp³-hybridized carbons (Fsp3) is 0.406. The zero-order valence-electron chi connectivity index (χ0n) is 24.4. The zero-order valence-corrected chi connectivity index (χ0v) is 24.4. The summed E-state index contributed by atoms with van der Waals surface area (Å²) in [6, 6.07) is 11.0. The monoisotopic (exact) mass is 582 g/mol. The molecule has 1 aliphatic heterocycles. The van der Waals surface area contributed by atoms with Crippen LogP contribution in [0.4, 0.5) is 22.1 Å². The Bertz CT molecular complexity index is 1500. The first kappa shape index (κ1) is 29.6. The van der Waals surface area contributed by atoms with Gasteiger partial charge in [-0.05, 0) is 75.6 Å². The van der Waals surface area contributed by atoms with Crippen LogP contribution in [0.2, 0.25) is 0 Å². The molecule has 0 bridgehead atoms. The highest BCUT2D eigenvalue weighted by Crippen LogP contribution is 2.32. The fourth-order valence-corrected chi connectivity index (χ4v) is 5.35. The van der Waals surface area contributed by atoms with Gasteiger partial charge in [-0.1, -0.05) is 30.2 Å². The van der Waals surface area contributed by atoms with Crippen molar-refractivity contribution >= 4 is 23.4 Å². The van der Waals surface area contributed by atoms with Crippen LogP contribution in [0.5, 0.6) is 5.75 Å². The second kappa shape index (κ2) is 14.4. The van der Waals surface area contributed by atoms with Crippen molar-refractivity contribution in [2.45, 2.75) is 57.6 Å². The molecule has 0 spiro atoms. The van der Waals surface area contributed by atoms with Gasteiger partial charge in [0.2, 0.25) is 5.82 Å². The summed E-state index contributed by atoms with van der Waals surface area (Å²) in [5.41, 5.74) is 8.22. The molecule has 11 heteroatoms. The molecule has 2 atom stereocenters. The van der Waals surface area contributed by atoms with Crippen LogP contribution in [-0.4, -0.2) is 69.7 Å². The lowest BCUT2D eigenvalue weighted by molar-refractivity contribution is 0.0873. The maximum absolute atomic E-state index is 12.2. The van der Waals surface area contributed by atoms with Crippen LogP contribution in [0, 0.1) is 11.8 Å². The summed E-state index contributed by atoms with van der Waals surface area (Å²) in [4.78, 5) is 25.7. The highest BCUT2D eigenvalue weighted by atomic mass is 16.6. The molecule has 2 aromatic heterocycles. The van der Waals surface area contributed by atoms with E-state index in [1.165, 1.54) is 0 Å². The molecule has 2 aliphatic rings. The molecular formula is C32H38N8O3. The van der Waals surface area contributed by atoms with Crippen LogP contribution in [-0.2, 0) is 4.74 Å². The number of alkyl carbamates (subject to hydrolysis) is 1. The smallest absolute Gasteiger partial charge is 0.408 e. The minimum absolute atomic E-state index is 0.0602. The number of nitrogens with zero attached hydrogens (tertiary/aromatic N) is 6. The van der Waals surface area contributed by atoms with Gasteiger partial charge in [-0.25, -0.2) is 14.8 Å². The molecule has 0 radical (unpaired) electrons. The number of hydrogen-bond donors (Lipinski definition) is 3. The van der Waals surface area contributed by atoms with Crippen LogP contribution in [0.15, 0.2) is 54.7 Å². The van der Waals surface area contributed by atoms with E-state index in [0.717, 1.165) is 56.6 Å². The van der Waals surface area contributed by atoms with Crippen molar-refractivity contribution in [1.29, 1.82) is 0 Å². The number of anilines is 3. The predicted molar refractivity (Wildman–Crippen MR) is 167 cm³/mol. The minimum atomic E-state index is -0.445. The van der Waals surface area contributed by atoms with Crippen LogP contribution in [0.1, 0.15) is 51.3 Å². The first-order valence-electron chi connectivity index (χ1n) is 14.8. The number of para-hydroxylation sites is 1. The molecule has 1 saturated heterocycles. The molecule has 224 valence electrons. The Kier molecular flexibility index (Phi) is 9.90. The number of carbonyl (C=O) groups excluding carboxylic acids is 1. The van der Waals surface area contributed by atoms with Gasteiger partial charge in [0.1, 0.15) is 17.7 Å². The van der Waals surface area contributed by atoms with Gasteiger partial charge < -0.3 is 30.7 Å². The third-order valence-corrected chi connectivity index (χ3v) is 7.73. The van der Waals surface area contributed by atoms with Gasteiger partial charge in [-0.2, -0.15) is 0 Å². The van der Waals surface area contributed by atoms with E-state index in [1.807, 2.05) is 18.2 Å². The largest absolute Gasteiger partial charge is 0.507 e. The van der Waals surface area contributed by atoms with Crippen molar-refractivity contribution in [3.05, 3.63) is 60.6 Å². The summed E-state index contributed by atoms with van der Waals surface area (Å²) < 4.78 is 5.56. The molecule has 3 aromatic rings. The number of benzene rings is 1. The summed E-state index contributed by atoms with van der Waals surface area (Å²) in [6.45, 7) is 4.47. The zero-order chi connectivity index (χ0) is 30.0. The summed E-state index contributed by atoms with van der Waals surface area (Å²) in [5.74, 6) is 7.56. The molecule has 3 heterocycles. The summed E-state index contributed by atoms with van der Waals surface area (Å²) in [5, 5.41) is 21.4. The van der Waals surface area contributed by atoms with Crippen molar-refractivity contribution in [1.82, 2.24) is 25.5 Å². The lowest BCUT2D eigenvalue weighted by Gasteiger charge is -2.28. The van der Waals surface area contributed by atoms with Gasteiger partial charge in [0.25, 0.3) is 0 Å². The molecule has 11 nitrogen and oxygen atoms in total. The average Bonchev–Trinajstić information content (AvgIpc) is 3.19. The number of allylic oxidation sites excluding steroid dienone is 2. The summed E-state index contributed by atoms with van der Waals surface area (Å²) in [7, 11) is 0. The standard InChI is InChI=1S/C32H38N8O3/c1-23-16-19-39(27-22-26(37-38-31(27)33)25-12-7-8-13-28(25)41)20-21-40(23)30-15-18-34-29(36-30)14-9-17-35-32(42)43-24-10-5-3-2-4-6-11-24/h2-3,7-8,12-13,15,18,22-24,41H,4-6,10-11,16-17,19-21H2,1H3,(H2,33,38)(H,35,42)/b3-2-/t23-,24?/m1/s1. The van der Waals surface area contributed by atoms with Gasteiger partial charge >= 0.3 is 6.09 Å². The highest BCUT2D eigenvalue weighted by molar-refractivity contribution is 5.74. The number of nitrogen functional groups attached to an aromatic ring is 1. The number of aromatic hydroxyl groups is 1. The Morgan fingerprint density at radius 2 is 1.98 bits per heavy atom. The maximum Gasteiger partial charge on any atom is 0.408 e.